The number of likely N-dealkylation sites (tertiary alicyclic amines) is 1. The van der Waals surface area contributed by atoms with Gasteiger partial charge in [-0.25, -0.2) is 0 Å². The maximum absolute atomic E-state index is 12.6. The van der Waals surface area contributed by atoms with Crippen molar-refractivity contribution >= 4 is 5.91 Å². The number of likely N-dealkylation sites (N-methyl/N-ethyl adjacent to an activating group) is 1. The molecular weight excluding hydrogens is 334 g/mol. The quantitative estimate of drug-likeness (QED) is 0.792. The number of aryl methyl sites for hydroxylation is 2. The summed E-state index contributed by atoms with van der Waals surface area (Å²) in [4.78, 5) is 14.9. The highest BCUT2D eigenvalue weighted by Gasteiger charge is 2.36. The zero-order chi connectivity index (χ0) is 19.2. The molecule has 0 spiro atoms. The number of nitrogens with one attached hydrogen (secondary N) is 2. The number of amides is 1. The molecule has 3 rings (SSSR count). The van der Waals surface area contributed by atoms with Gasteiger partial charge in [0, 0.05) is 32.2 Å². The van der Waals surface area contributed by atoms with Crippen molar-refractivity contribution in [3.63, 3.8) is 0 Å². The van der Waals surface area contributed by atoms with E-state index in [9.17, 15) is 4.79 Å². The Hall–Kier alpha value is -2.17. The molecule has 0 unspecified atom stereocenters. The minimum Gasteiger partial charge on any atom is -0.355 e. The van der Waals surface area contributed by atoms with Gasteiger partial charge < -0.3 is 10.6 Å². The topological polar surface area (TPSA) is 44.4 Å². The van der Waals surface area contributed by atoms with Crippen molar-refractivity contribution in [1.29, 1.82) is 0 Å². The summed E-state index contributed by atoms with van der Waals surface area (Å²) < 4.78 is 0. The predicted octanol–water partition coefficient (Wildman–Crippen LogP) is 3.17. The predicted molar refractivity (Wildman–Crippen MR) is 110 cm³/mol. The highest BCUT2D eigenvalue weighted by Crippen LogP contribution is 2.22. The Labute approximate surface area is 163 Å². The van der Waals surface area contributed by atoms with Crippen LogP contribution < -0.4 is 10.6 Å². The summed E-state index contributed by atoms with van der Waals surface area (Å²) >= 11 is 0. The third kappa shape index (κ3) is 5.18. The summed E-state index contributed by atoms with van der Waals surface area (Å²) in [6.07, 6.45) is 0.851. The van der Waals surface area contributed by atoms with E-state index in [4.69, 9.17) is 0 Å². The Morgan fingerprint density at radius 2 is 1.93 bits per heavy atom. The van der Waals surface area contributed by atoms with Crippen LogP contribution >= 0.6 is 0 Å². The van der Waals surface area contributed by atoms with Gasteiger partial charge in [-0.05, 0) is 43.9 Å². The first-order chi connectivity index (χ1) is 13.1. The normalized spacial score (nSPS) is 20.0. The molecule has 27 heavy (non-hydrogen) atoms. The van der Waals surface area contributed by atoms with Crippen LogP contribution in [0.25, 0.3) is 0 Å². The molecule has 2 aromatic rings. The molecule has 4 nitrogen and oxygen atoms in total. The molecule has 2 aromatic carbocycles. The van der Waals surface area contributed by atoms with E-state index in [0.717, 1.165) is 26.1 Å². The van der Waals surface area contributed by atoms with Gasteiger partial charge in [0.25, 0.3) is 0 Å². The Kier molecular flexibility index (Phi) is 6.64. The Morgan fingerprint density at radius 3 is 2.67 bits per heavy atom. The molecule has 0 saturated carbocycles. The van der Waals surface area contributed by atoms with E-state index in [1.807, 2.05) is 13.0 Å². The molecule has 4 heteroatoms. The van der Waals surface area contributed by atoms with Gasteiger partial charge in [0.15, 0.2) is 0 Å². The van der Waals surface area contributed by atoms with Crippen LogP contribution in [-0.2, 0) is 17.9 Å². The van der Waals surface area contributed by atoms with E-state index in [1.165, 1.54) is 22.3 Å². The number of hydrogen-bond acceptors (Lipinski definition) is 3. The lowest BCUT2D eigenvalue weighted by molar-refractivity contribution is -0.125. The highest BCUT2D eigenvalue weighted by atomic mass is 16.2. The van der Waals surface area contributed by atoms with Gasteiger partial charge >= 0.3 is 0 Å². The molecule has 0 aromatic heterocycles. The molecule has 0 bridgehead atoms. The van der Waals surface area contributed by atoms with E-state index in [-0.39, 0.29) is 11.9 Å². The van der Waals surface area contributed by atoms with Crippen LogP contribution in [0.5, 0.6) is 0 Å². The zero-order valence-electron chi connectivity index (χ0n) is 16.7. The lowest BCUT2D eigenvalue weighted by Gasteiger charge is -2.23. The van der Waals surface area contributed by atoms with Gasteiger partial charge in [-0.3, -0.25) is 9.69 Å². The fourth-order valence-electron chi connectivity index (χ4n) is 3.85. The van der Waals surface area contributed by atoms with Crippen molar-refractivity contribution in [2.24, 2.45) is 0 Å². The molecule has 1 amide bonds. The van der Waals surface area contributed by atoms with Gasteiger partial charge in [0.2, 0.25) is 5.91 Å². The molecule has 144 valence electrons. The van der Waals surface area contributed by atoms with E-state index >= 15 is 0 Å². The van der Waals surface area contributed by atoms with Crippen molar-refractivity contribution in [2.75, 3.05) is 13.1 Å². The molecule has 1 heterocycles. The lowest BCUT2D eigenvalue weighted by atomic mass is 10.0. The first-order valence-corrected chi connectivity index (χ1v) is 9.92. The van der Waals surface area contributed by atoms with Gasteiger partial charge in [-0.15, -0.1) is 0 Å². The smallest absolute Gasteiger partial charge is 0.237 e. The second-order valence-electron chi connectivity index (χ2n) is 7.57. The average Bonchev–Trinajstić information content (AvgIpc) is 3.06. The summed E-state index contributed by atoms with van der Waals surface area (Å²) in [5, 5.41) is 6.69. The summed E-state index contributed by atoms with van der Waals surface area (Å²) in [6.45, 7) is 9.49. The van der Waals surface area contributed by atoms with E-state index in [0.29, 0.717) is 12.6 Å². The number of carbonyl (C=O) groups excluding carboxylic acids is 1. The van der Waals surface area contributed by atoms with Crippen molar-refractivity contribution in [1.82, 2.24) is 15.5 Å². The van der Waals surface area contributed by atoms with Crippen LogP contribution in [0.15, 0.2) is 48.5 Å². The van der Waals surface area contributed by atoms with E-state index in [1.54, 1.807) is 0 Å². The molecule has 2 atom stereocenters. The molecular formula is C23H31N3O. The van der Waals surface area contributed by atoms with Crippen LogP contribution in [0.2, 0.25) is 0 Å². The van der Waals surface area contributed by atoms with Crippen LogP contribution in [-0.4, -0.2) is 36.0 Å². The maximum Gasteiger partial charge on any atom is 0.237 e. The first kappa shape index (κ1) is 19.6. The molecule has 0 aliphatic carbocycles. The van der Waals surface area contributed by atoms with Crippen molar-refractivity contribution in [3.8, 4) is 0 Å². The highest BCUT2D eigenvalue weighted by molar-refractivity contribution is 5.82. The second kappa shape index (κ2) is 9.16. The van der Waals surface area contributed by atoms with Crippen molar-refractivity contribution < 1.29 is 4.79 Å². The van der Waals surface area contributed by atoms with Crippen molar-refractivity contribution in [2.45, 2.75) is 52.4 Å². The standard InChI is InChI=1S/C23H31N3O/c1-4-24-23(27)22-13-21(16-26(22)15-19-8-6-5-7-9-19)25-14-20-12-17(2)10-11-18(20)3/h5-12,21-22,25H,4,13-16H2,1-3H3,(H,24,27)/t21-,22+/m1/s1. The Bertz CT molecular complexity index is 759. The van der Waals surface area contributed by atoms with Crippen LogP contribution in [0, 0.1) is 13.8 Å². The number of carbonyl (C=O) groups is 1. The summed E-state index contributed by atoms with van der Waals surface area (Å²) in [7, 11) is 0. The Morgan fingerprint density at radius 1 is 1.15 bits per heavy atom. The van der Waals surface area contributed by atoms with Crippen LogP contribution in [0.3, 0.4) is 0 Å². The van der Waals surface area contributed by atoms with E-state index in [2.05, 4.69) is 71.8 Å². The SMILES string of the molecule is CCNC(=O)[C@@H]1C[C@@H](NCc2cc(C)ccc2C)CN1Cc1ccccc1. The minimum absolute atomic E-state index is 0.0683. The molecule has 1 aliphatic heterocycles. The molecule has 0 radical (unpaired) electrons. The van der Waals surface area contributed by atoms with Gasteiger partial charge in [-0.2, -0.15) is 0 Å². The summed E-state index contributed by atoms with van der Waals surface area (Å²) in [5.74, 6) is 0.143. The fourth-order valence-corrected chi connectivity index (χ4v) is 3.85. The third-order valence-corrected chi connectivity index (χ3v) is 5.37. The van der Waals surface area contributed by atoms with Gasteiger partial charge in [0.05, 0.1) is 6.04 Å². The number of benzene rings is 2. The average molecular weight is 366 g/mol. The summed E-state index contributed by atoms with van der Waals surface area (Å²) in [5.41, 5.74) is 5.19. The first-order valence-electron chi connectivity index (χ1n) is 9.92. The lowest BCUT2D eigenvalue weighted by Crippen LogP contribution is -2.42. The molecule has 2 N–H and O–H groups in total. The largest absolute Gasteiger partial charge is 0.355 e. The zero-order valence-corrected chi connectivity index (χ0v) is 16.7. The number of hydrogen-bond donors (Lipinski definition) is 2. The Balaban J connectivity index is 1.66. The van der Waals surface area contributed by atoms with Gasteiger partial charge in [-0.1, -0.05) is 54.1 Å². The minimum atomic E-state index is -0.0683. The van der Waals surface area contributed by atoms with Crippen LogP contribution in [0.4, 0.5) is 0 Å². The maximum atomic E-state index is 12.6. The summed E-state index contributed by atoms with van der Waals surface area (Å²) in [6, 6.07) is 17.2. The second-order valence-corrected chi connectivity index (χ2v) is 7.57. The van der Waals surface area contributed by atoms with E-state index < -0.39 is 0 Å². The molecule has 1 fully saturated rings. The van der Waals surface area contributed by atoms with Crippen molar-refractivity contribution in [3.05, 3.63) is 70.8 Å². The number of nitrogens with zero attached hydrogens (tertiary/aromatic N) is 1. The van der Waals surface area contributed by atoms with Crippen LogP contribution in [0.1, 0.15) is 35.6 Å². The molecule has 1 saturated heterocycles. The molecule has 1 aliphatic rings. The van der Waals surface area contributed by atoms with Gasteiger partial charge in [0.1, 0.15) is 0 Å². The fraction of sp³-hybridized carbons (Fsp3) is 0.435. The monoisotopic (exact) mass is 365 g/mol. The third-order valence-electron chi connectivity index (χ3n) is 5.37. The number of rotatable bonds is 7.